The summed E-state index contributed by atoms with van der Waals surface area (Å²) in [5.74, 6) is -1.70. The van der Waals surface area contributed by atoms with Crippen LogP contribution in [-0.4, -0.2) is 21.6 Å². The van der Waals surface area contributed by atoms with E-state index >= 15 is 0 Å². The molecule has 1 aromatic carbocycles. The topological polar surface area (TPSA) is 115 Å². The van der Waals surface area contributed by atoms with Crippen molar-refractivity contribution in [3.8, 4) is 0 Å². The Kier molecular flexibility index (Phi) is 3.71. The van der Waals surface area contributed by atoms with Crippen molar-refractivity contribution in [3.05, 3.63) is 58.5 Å². The van der Waals surface area contributed by atoms with Gasteiger partial charge in [0.2, 0.25) is 5.91 Å². The van der Waals surface area contributed by atoms with Gasteiger partial charge in [-0.3, -0.25) is 9.36 Å². The molecule has 2 aromatic heterocycles. The second-order valence-electron chi connectivity index (χ2n) is 4.80. The van der Waals surface area contributed by atoms with Gasteiger partial charge >= 0.3 is 11.7 Å². The maximum atomic E-state index is 11.9. The lowest BCUT2D eigenvalue weighted by Gasteiger charge is -2.04. The van der Waals surface area contributed by atoms with E-state index in [9.17, 15) is 14.4 Å². The third kappa shape index (κ3) is 3.00. The van der Waals surface area contributed by atoms with Crippen LogP contribution in [0.15, 0.2) is 50.2 Å². The highest BCUT2D eigenvalue weighted by molar-refractivity contribution is 5.92. The van der Waals surface area contributed by atoms with E-state index in [2.05, 4.69) is 5.32 Å². The molecule has 0 saturated heterocycles. The summed E-state index contributed by atoms with van der Waals surface area (Å²) in [4.78, 5) is 34.8. The summed E-state index contributed by atoms with van der Waals surface area (Å²) >= 11 is 0. The lowest BCUT2D eigenvalue weighted by Crippen LogP contribution is -2.30. The highest BCUT2D eigenvalue weighted by atomic mass is 16.4. The molecule has 0 bridgehead atoms. The van der Waals surface area contributed by atoms with Gasteiger partial charge in [0.05, 0.1) is 23.9 Å². The largest absolute Gasteiger partial charge is 0.478 e. The molecule has 0 spiro atoms. The molecule has 0 aliphatic carbocycles. The second kappa shape index (κ2) is 5.84. The van der Waals surface area contributed by atoms with Crippen LogP contribution in [0.2, 0.25) is 0 Å². The Morgan fingerprint density at radius 1 is 1.26 bits per heavy atom. The van der Waals surface area contributed by atoms with E-state index in [4.69, 9.17) is 13.9 Å². The smallest absolute Gasteiger partial charge is 0.420 e. The summed E-state index contributed by atoms with van der Waals surface area (Å²) in [6, 6.07) is 7.41. The zero-order valence-electron chi connectivity index (χ0n) is 11.8. The molecule has 2 heterocycles. The van der Waals surface area contributed by atoms with Crippen molar-refractivity contribution in [1.82, 2.24) is 9.88 Å². The number of hydrogen-bond donors (Lipinski definition) is 2. The molecule has 118 valence electrons. The normalized spacial score (nSPS) is 10.8. The van der Waals surface area contributed by atoms with Crippen LogP contribution in [0, 0.1) is 0 Å². The first-order valence-electron chi connectivity index (χ1n) is 6.70. The van der Waals surface area contributed by atoms with Gasteiger partial charge in [-0.15, -0.1) is 0 Å². The van der Waals surface area contributed by atoms with Gasteiger partial charge in [-0.05, 0) is 30.3 Å². The number of nitrogens with one attached hydrogen (secondary N) is 1. The van der Waals surface area contributed by atoms with Gasteiger partial charge in [-0.2, -0.15) is 0 Å². The molecular weight excluding hydrogens is 304 g/mol. The van der Waals surface area contributed by atoms with Crippen LogP contribution in [0.4, 0.5) is 0 Å². The van der Waals surface area contributed by atoms with Crippen molar-refractivity contribution in [2.24, 2.45) is 0 Å². The Labute approximate surface area is 128 Å². The van der Waals surface area contributed by atoms with E-state index in [0.29, 0.717) is 5.76 Å². The van der Waals surface area contributed by atoms with E-state index in [1.54, 1.807) is 12.1 Å². The lowest BCUT2D eigenvalue weighted by molar-refractivity contribution is -0.121. The van der Waals surface area contributed by atoms with Gasteiger partial charge in [-0.1, -0.05) is 0 Å². The quantitative estimate of drug-likeness (QED) is 0.731. The molecule has 0 radical (unpaired) electrons. The van der Waals surface area contributed by atoms with Crippen LogP contribution >= 0.6 is 0 Å². The highest BCUT2D eigenvalue weighted by Gasteiger charge is 2.15. The molecular formula is C15H12N2O6. The van der Waals surface area contributed by atoms with Gasteiger partial charge in [0.15, 0.2) is 5.58 Å². The predicted molar refractivity (Wildman–Crippen MR) is 78.0 cm³/mol. The number of fused-ring (bicyclic) bond motifs is 1. The second-order valence-corrected chi connectivity index (χ2v) is 4.80. The number of hydrogen-bond acceptors (Lipinski definition) is 5. The molecule has 8 nitrogen and oxygen atoms in total. The van der Waals surface area contributed by atoms with Gasteiger partial charge in [0, 0.05) is 0 Å². The number of rotatable bonds is 5. The minimum atomic E-state index is -1.13. The van der Waals surface area contributed by atoms with E-state index in [0.717, 1.165) is 4.57 Å². The first kappa shape index (κ1) is 14.6. The Morgan fingerprint density at radius 3 is 2.78 bits per heavy atom. The number of oxazole rings is 1. The molecule has 3 aromatic rings. The average Bonchev–Trinajstić information content (AvgIpc) is 3.13. The van der Waals surface area contributed by atoms with E-state index in [-0.39, 0.29) is 29.8 Å². The van der Waals surface area contributed by atoms with Gasteiger partial charge in [0.25, 0.3) is 0 Å². The minimum Gasteiger partial charge on any atom is -0.478 e. The molecule has 0 aliphatic heterocycles. The van der Waals surface area contributed by atoms with E-state index in [1.807, 2.05) is 0 Å². The number of benzene rings is 1. The van der Waals surface area contributed by atoms with Crippen molar-refractivity contribution in [3.63, 3.8) is 0 Å². The Balaban J connectivity index is 1.82. The summed E-state index contributed by atoms with van der Waals surface area (Å²) < 4.78 is 11.2. The molecule has 0 aliphatic rings. The maximum absolute atomic E-state index is 11.9. The third-order valence-corrected chi connectivity index (χ3v) is 3.26. The number of carboxylic acid groups (broad SMARTS) is 1. The molecule has 0 unspecified atom stereocenters. The SMILES string of the molecule is O=C(Cn1c(=O)oc2ccc(C(=O)O)cc21)NCc1ccco1. The fourth-order valence-electron chi connectivity index (χ4n) is 2.14. The number of aromatic carboxylic acids is 1. The van der Waals surface area contributed by atoms with Crippen molar-refractivity contribution in [2.45, 2.75) is 13.1 Å². The van der Waals surface area contributed by atoms with Gasteiger partial charge in [-0.25, -0.2) is 9.59 Å². The zero-order valence-corrected chi connectivity index (χ0v) is 11.8. The molecule has 8 heteroatoms. The van der Waals surface area contributed by atoms with Gasteiger partial charge in [0.1, 0.15) is 12.3 Å². The number of carbonyl (C=O) groups excluding carboxylic acids is 1. The summed E-state index contributed by atoms with van der Waals surface area (Å²) in [7, 11) is 0. The number of carbonyl (C=O) groups is 2. The maximum Gasteiger partial charge on any atom is 0.420 e. The molecule has 2 N–H and O–H groups in total. The molecule has 0 atom stereocenters. The number of nitrogens with zero attached hydrogens (tertiary/aromatic N) is 1. The first-order chi connectivity index (χ1) is 11.0. The van der Waals surface area contributed by atoms with Crippen LogP contribution in [-0.2, 0) is 17.9 Å². The monoisotopic (exact) mass is 316 g/mol. The summed E-state index contributed by atoms with van der Waals surface area (Å²) in [6.07, 6.45) is 1.49. The number of amides is 1. The average molecular weight is 316 g/mol. The fourth-order valence-corrected chi connectivity index (χ4v) is 2.14. The Hall–Kier alpha value is -3.29. The van der Waals surface area contributed by atoms with Crippen molar-refractivity contribution in [1.29, 1.82) is 0 Å². The Bertz CT molecular complexity index is 919. The van der Waals surface area contributed by atoms with Crippen LogP contribution in [0.1, 0.15) is 16.1 Å². The van der Waals surface area contributed by atoms with E-state index < -0.39 is 17.6 Å². The predicted octanol–water partition coefficient (Wildman–Crippen LogP) is 1.20. The Morgan fingerprint density at radius 2 is 2.09 bits per heavy atom. The van der Waals surface area contributed by atoms with E-state index in [1.165, 1.54) is 24.5 Å². The van der Waals surface area contributed by atoms with Crippen LogP contribution < -0.4 is 11.1 Å². The van der Waals surface area contributed by atoms with Crippen molar-refractivity contribution >= 4 is 23.0 Å². The molecule has 3 rings (SSSR count). The van der Waals surface area contributed by atoms with Crippen LogP contribution in [0.3, 0.4) is 0 Å². The van der Waals surface area contributed by atoms with Gasteiger partial charge < -0.3 is 19.3 Å². The summed E-state index contributed by atoms with van der Waals surface area (Å²) in [6.45, 7) is -0.0909. The minimum absolute atomic E-state index is 0.00282. The highest BCUT2D eigenvalue weighted by Crippen LogP contribution is 2.15. The van der Waals surface area contributed by atoms with Crippen LogP contribution in [0.5, 0.6) is 0 Å². The molecule has 23 heavy (non-hydrogen) atoms. The molecule has 0 fully saturated rings. The number of aromatic nitrogens is 1. The number of furan rings is 1. The molecule has 1 amide bonds. The standard InChI is InChI=1S/C15H12N2O6/c18-13(16-7-10-2-1-5-22-10)8-17-11-6-9(14(19)20)3-4-12(11)23-15(17)21/h1-6H,7-8H2,(H,16,18)(H,19,20). The zero-order chi connectivity index (χ0) is 16.4. The van der Waals surface area contributed by atoms with Crippen LogP contribution in [0.25, 0.3) is 11.1 Å². The summed E-state index contributed by atoms with van der Waals surface area (Å²) in [5, 5.41) is 11.6. The van der Waals surface area contributed by atoms with Crippen molar-refractivity contribution in [2.75, 3.05) is 0 Å². The number of carboxylic acids is 1. The fraction of sp³-hybridized carbons (Fsp3) is 0.133. The first-order valence-corrected chi connectivity index (χ1v) is 6.70. The van der Waals surface area contributed by atoms with Crippen molar-refractivity contribution < 1.29 is 23.5 Å². The lowest BCUT2D eigenvalue weighted by atomic mass is 10.2. The summed E-state index contributed by atoms with van der Waals surface area (Å²) in [5.41, 5.74) is 0.477. The third-order valence-electron chi connectivity index (χ3n) is 3.26. The molecule has 0 saturated carbocycles.